The monoisotopic (exact) mass is 438 g/mol. The van der Waals surface area contributed by atoms with E-state index in [4.69, 9.17) is 4.74 Å². The van der Waals surface area contributed by atoms with Gasteiger partial charge in [-0.3, -0.25) is 0 Å². The van der Waals surface area contributed by atoms with E-state index < -0.39 is 0 Å². The second kappa shape index (κ2) is 8.04. The number of benzene rings is 5. The standard InChI is InChI=1S/C33H26O/c1-33(2)31-21-25(23-10-5-3-6-11-23)16-18-29(31)30-19-17-26(22-32(30)33)24-12-9-15-28(20-24)34-27-13-7-4-8-14-27/h3-22H,1-2H3. The van der Waals surface area contributed by atoms with Gasteiger partial charge in [-0.25, -0.2) is 0 Å². The lowest BCUT2D eigenvalue weighted by Crippen LogP contribution is -2.15. The summed E-state index contributed by atoms with van der Waals surface area (Å²) in [6.45, 7) is 4.68. The van der Waals surface area contributed by atoms with Gasteiger partial charge in [0.05, 0.1) is 0 Å². The van der Waals surface area contributed by atoms with Crippen LogP contribution >= 0.6 is 0 Å². The van der Waals surface area contributed by atoms with Gasteiger partial charge in [-0.2, -0.15) is 0 Å². The zero-order valence-corrected chi connectivity index (χ0v) is 19.5. The zero-order chi connectivity index (χ0) is 23.1. The predicted molar refractivity (Wildman–Crippen MR) is 141 cm³/mol. The molecule has 0 aromatic heterocycles. The van der Waals surface area contributed by atoms with Crippen LogP contribution in [-0.4, -0.2) is 0 Å². The maximum Gasteiger partial charge on any atom is 0.128 e. The molecule has 0 bridgehead atoms. The molecule has 1 aliphatic carbocycles. The zero-order valence-electron chi connectivity index (χ0n) is 19.5. The first kappa shape index (κ1) is 20.5. The van der Waals surface area contributed by atoms with Gasteiger partial charge in [-0.05, 0) is 80.9 Å². The highest BCUT2D eigenvalue weighted by atomic mass is 16.5. The summed E-state index contributed by atoms with van der Waals surface area (Å²) in [6, 6.07) is 42.7. The fraction of sp³-hybridized carbons (Fsp3) is 0.0909. The van der Waals surface area contributed by atoms with E-state index in [9.17, 15) is 0 Å². The Labute approximate surface area is 201 Å². The molecule has 0 N–H and O–H groups in total. The van der Waals surface area contributed by atoms with Gasteiger partial charge >= 0.3 is 0 Å². The van der Waals surface area contributed by atoms with E-state index in [1.807, 2.05) is 36.4 Å². The normalized spacial score (nSPS) is 13.2. The molecule has 5 aromatic rings. The van der Waals surface area contributed by atoms with Crippen molar-refractivity contribution in [1.29, 1.82) is 0 Å². The molecule has 1 nitrogen and oxygen atoms in total. The molecule has 0 atom stereocenters. The van der Waals surface area contributed by atoms with Crippen LogP contribution in [0.1, 0.15) is 25.0 Å². The molecule has 1 heteroatoms. The molecule has 0 heterocycles. The molecular weight excluding hydrogens is 412 g/mol. The summed E-state index contributed by atoms with van der Waals surface area (Å²) in [7, 11) is 0. The van der Waals surface area contributed by atoms with Crippen LogP contribution in [0.25, 0.3) is 33.4 Å². The van der Waals surface area contributed by atoms with Gasteiger partial charge in [-0.15, -0.1) is 0 Å². The first-order valence-electron chi connectivity index (χ1n) is 11.8. The summed E-state index contributed by atoms with van der Waals surface area (Å²) in [5.74, 6) is 1.69. The topological polar surface area (TPSA) is 9.23 Å². The van der Waals surface area contributed by atoms with Crippen molar-refractivity contribution in [3.8, 4) is 44.9 Å². The number of hydrogen-bond acceptors (Lipinski definition) is 1. The lowest BCUT2D eigenvalue weighted by Gasteiger charge is -2.22. The van der Waals surface area contributed by atoms with E-state index in [1.165, 1.54) is 38.9 Å². The van der Waals surface area contributed by atoms with E-state index in [0.717, 1.165) is 17.1 Å². The van der Waals surface area contributed by atoms with Crippen LogP contribution in [0.3, 0.4) is 0 Å². The average molecular weight is 439 g/mol. The first-order valence-corrected chi connectivity index (χ1v) is 11.8. The van der Waals surface area contributed by atoms with Crippen molar-refractivity contribution in [1.82, 2.24) is 0 Å². The van der Waals surface area contributed by atoms with Crippen LogP contribution in [0.2, 0.25) is 0 Å². The minimum atomic E-state index is -0.0659. The summed E-state index contributed by atoms with van der Waals surface area (Å²) in [6.07, 6.45) is 0. The molecule has 0 fully saturated rings. The molecule has 0 saturated carbocycles. The Morgan fingerprint density at radius 1 is 0.441 bits per heavy atom. The Balaban J connectivity index is 1.37. The Kier molecular flexibility index (Phi) is 4.85. The van der Waals surface area contributed by atoms with Crippen molar-refractivity contribution >= 4 is 0 Å². The van der Waals surface area contributed by atoms with E-state index >= 15 is 0 Å². The minimum absolute atomic E-state index is 0.0659. The summed E-state index contributed by atoms with van der Waals surface area (Å²) >= 11 is 0. The van der Waals surface area contributed by atoms with E-state index in [-0.39, 0.29) is 5.41 Å². The van der Waals surface area contributed by atoms with Gasteiger partial charge in [0, 0.05) is 5.41 Å². The lowest BCUT2D eigenvalue weighted by molar-refractivity contribution is 0.483. The summed E-state index contributed by atoms with van der Waals surface area (Å²) < 4.78 is 6.08. The van der Waals surface area contributed by atoms with Crippen molar-refractivity contribution in [2.45, 2.75) is 19.3 Å². The SMILES string of the molecule is CC1(C)c2cc(-c3ccccc3)ccc2-c2ccc(-c3cccc(Oc4ccccc4)c3)cc21. The highest BCUT2D eigenvalue weighted by Crippen LogP contribution is 2.50. The van der Waals surface area contributed by atoms with Crippen LogP contribution in [0.4, 0.5) is 0 Å². The minimum Gasteiger partial charge on any atom is -0.457 e. The molecule has 0 aliphatic heterocycles. The molecule has 0 radical (unpaired) electrons. The molecule has 0 amide bonds. The number of para-hydroxylation sites is 1. The van der Waals surface area contributed by atoms with Crippen LogP contribution < -0.4 is 4.74 Å². The smallest absolute Gasteiger partial charge is 0.128 e. The lowest BCUT2D eigenvalue weighted by atomic mass is 9.81. The Bertz CT molecular complexity index is 1480. The Morgan fingerprint density at radius 3 is 1.59 bits per heavy atom. The highest BCUT2D eigenvalue weighted by Gasteiger charge is 2.35. The first-order chi connectivity index (χ1) is 16.6. The van der Waals surface area contributed by atoms with E-state index in [1.54, 1.807) is 0 Å². The van der Waals surface area contributed by atoms with Crippen LogP contribution in [-0.2, 0) is 5.41 Å². The molecule has 0 spiro atoms. The highest BCUT2D eigenvalue weighted by molar-refractivity contribution is 5.85. The number of hydrogen-bond donors (Lipinski definition) is 0. The Morgan fingerprint density at radius 2 is 0.941 bits per heavy atom. The van der Waals surface area contributed by atoms with Gasteiger partial charge in [0.2, 0.25) is 0 Å². The second-order valence-corrected chi connectivity index (χ2v) is 9.45. The molecule has 0 unspecified atom stereocenters. The van der Waals surface area contributed by atoms with Gasteiger partial charge < -0.3 is 4.74 Å². The summed E-state index contributed by atoms with van der Waals surface area (Å²) in [5.41, 5.74) is 10.3. The number of ether oxygens (including phenoxy) is 1. The van der Waals surface area contributed by atoms with Gasteiger partial charge in [0.1, 0.15) is 11.5 Å². The fourth-order valence-electron chi connectivity index (χ4n) is 5.09. The number of fused-ring (bicyclic) bond motifs is 3. The van der Waals surface area contributed by atoms with Crippen molar-refractivity contribution in [3.05, 3.63) is 132 Å². The Hall–Kier alpha value is -4.10. The second-order valence-electron chi connectivity index (χ2n) is 9.45. The molecule has 1 aliphatic rings. The largest absolute Gasteiger partial charge is 0.457 e. The quantitative estimate of drug-likeness (QED) is 0.272. The van der Waals surface area contributed by atoms with E-state index in [0.29, 0.717) is 0 Å². The van der Waals surface area contributed by atoms with Gasteiger partial charge in [-0.1, -0.05) is 98.8 Å². The fourth-order valence-corrected chi connectivity index (χ4v) is 5.09. The molecular formula is C33H26O. The third kappa shape index (κ3) is 3.50. The molecule has 0 saturated heterocycles. The van der Waals surface area contributed by atoms with Crippen molar-refractivity contribution in [2.24, 2.45) is 0 Å². The molecule has 164 valence electrons. The van der Waals surface area contributed by atoms with E-state index in [2.05, 4.69) is 98.8 Å². The van der Waals surface area contributed by atoms with Crippen molar-refractivity contribution < 1.29 is 4.74 Å². The number of rotatable bonds is 4. The molecule has 5 aromatic carbocycles. The average Bonchev–Trinajstić information content (AvgIpc) is 3.11. The third-order valence-corrected chi connectivity index (χ3v) is 6.93. The van der Waals surface area contributed by atoms with Crippen molar-refractivity contribution in [3.63, 3.8) is 0 Å². The molecule has 34 heavy (non-hydrogen) atoms. The van der Waals surface area contributed by atoms with Crippen LogP contribution in [0, 0.1) is 0 Å². The summed E-state index contributed by atoms with van der Waals surface area (Å²) in [4.78, 5) is 0. The van der Waals surface area contributed by atoms with Gasteiger partial charge in [0.25, 0.3) is 0 Å². The van der Waals surface area contributed by atoms with Crippen molar-refractivity contribution in [2.75, 3.05) is 0 Å². The predicted octanol–water partition coefficient (Wildman–Crippen LogP) is 9.12. The van der Waals surface area contributed by atoms with Crippen LogP contribution in [0.5, 0.6) is 11.5 Å². The molecule has 6 rings (SSSR count). The maximum absolute atomic E-state index is 6.08. The maximum atomic E-state index is 6.08. The third-order valence-electron chi connectivity index (χ3n) is 6.93. The van der Waals surface area contributed by atoms with Crippen LogP contribution in [0.15, 0.2) is 121 Å². The summed E-state index contributed by atoms with van der Waals surface area (Å²) in [5, 5.41) is 0. The van der Waals surface area contributed by atoms with Gasteiger partial charge in [0.15, 0.2) is 0 Å².